The molecule has 4 heteroatoms. The van der Waals surface area contributed by atoms with Crippen molar-refractivity contribution in [2.75, 3.05) is 6.54 Å². The zero-order chi connectivity index (χ0) is 12.7. The number of urea groups is 1. The van der Waals surface area contributed by atoms with Crippen molar-refractivity contribution >= 4 is 6.03 Å². The second-order valence-corrected chi connectivity index (χ2v) is 5.58. The Bertz CT molecular complexity index is 235. The molecule has 0 heterocycles. The van der Waals surface area contributed by atoms with Crippen LogP contribution in [-0.4, -0.2) is 24.2 Å². The average molecular weight is 241 g/mol. The average Bonchev–Trinajstić information content (AvgIpc) is 2.24. The summed E-state index contributed by atoms with van der Waals surface area (Å²) in [5, 5.41) is 5.67. The molecular formula is C13H27N3O. The quantitative estimate of drug-likeness (QED) is 0.646. The summed E-state index contributed by atoms with van der Waals surface area (Å²) in [4.78, 5) is 11.3. The highest BCUT2D eigenvalue weighted by Gasteiger charge is 2.26. The molecule has 0 aliphatic heterocycles. The third kappa shape index (κ3) is 5.91. The lowest BCUT2D eigenvalue weighted by Gasteiger charge is -2.33. The molecule has 1 saturated carbocycles. The Kier molecular flexibility index (Phi) is 5.75. The van der Waals surface area contributed by atoms with E-state index in [0.717, 1.165) is 32.2 Å². The maximum absolute atomic E-state index is 11.3. The molecule has 0 bridgehead atoms. The molecule has 0 aromatic carbocycles. The fraction of sp³-hybridized carbons (Fsp3) is 0.923. The van der Waals surface area contributed by atoms with Crippen molar-refractivity contribution in [3.8, 4) is 0 Å². The Morgan fingerprint density at radius 3 is 2.53 bits per heavy atom. The van der Waals surface area contributed by atoms with Gasteiger partial charge in [0.15, 0.2) is 0 Å². The number of nitrogens with one attached hydrogen (secondary N) is 2. The van der Waals surface area contributed by atoms with E-state index < -0.39 is 0 Å². The molecule has 4 nitrogen and oxygen atoms in total. The number of amides is 2. The van der Waals surface area contributed by atoms with Crippen molar-refractivity contribution in [2.45, 2.75) is 70.4 Å². The minimum Gasteiger partial charge on any atom is -0.338 e. The van der Waals surface area contributed by atoms with Gasteiger partial charge in [0.1, 0.15) is 0 Å². The summed E-state index contributed by atoms with van der Waals surface area (Å²) in [6.45, 7) is 4.63. The predicted octanol–water partition coefficient (Wildman–Crippen LogP) is 2.14. The maximum atomic E-state index is 11.3. The van der Waals surface area contributed by atoms with E-state index in [1.807, 2.05) is 13.8 Å². The number of rotatable bonds is 5. The van der Waals surface area contributed by atoms with Crippen molar-refractivity contribution in [2.24, 2.45) is 5.73 Å². The van der Waals surface area contributed by atoms with Crippen molar-refractivity contribution in [1.82, 2.24) is 10.6 Å². The van der Waals surface area contributed by atoms with Crippen LogP contribution < -0.4 is 16.4 Å². The van der Waals surface area contributed by atoms with Crippen molar-refractivity contribution < 1.29 is 4.79 Å². The van der Waals surface area contributed by atoms with E-state index in [2.05, 4.69) is 10.6 Å². The summed E-state index contributed by atoms with van der Waals surface area (Å²) in [5.41, 5.74) is 6.36. The van der Waals surface area contributed by atoms with Crippen LogP contribution in [-0.2, 0) is 0 Å². The standard InChI is InChI=1S/C13H27N3O/c1-11(2)16-12(17)15-10-6-9-13(14)7-4-3-5-8-13/h11H,3-10,14H2,1-2H3,(H2,15,16,17). The normalized spacial score (nSPS) is 19.1. The SMILES string of the molecule is CC(C)NC(=O)NCCCC1(N)CCCCC1. The first-order valence-electron chi connectivity index (χ1n) is 6.85. The molecule has 2 amide bonds. The molecule has 4 N–H and O–H groups in total. The van der Waals surface area contributed by atoms with E-state index >= 15 is 0 Å². The number of hydrogen-bond donors (Lipinski definition) is 3. The molecule has 0 aromatic rings. The second kappa shape index (κ2) is 6.84. The van der Waals surface area contributed by atoms with Crippen LogP contribution in [0.1, 0.15) is 58.8 Å². The van der Waals surface area contributed by atoms with Crippen molar-refractivity contribution in [1.29, 1.82) is 0 Å². The van der Waals surface area contributed by atoms with Gasteiger partial charge in [0.05, 0.1) is 0 Å². The van der Waals surface area contributed by atoms with Gasteiger partial charge in [-0.15, -0.1) is 0 Å². The van der Waals surface area contributed by atoms with E-state index in [1.54, 1.807) is 0 Å². The van der Waals surface area contributed by atoms with Gasteiger partial charge in [-0.05, 0) is 39.5 Å². The lowest BCUT2D eigenvalue weighted by molar-refractivity contribution is 0.236. The molecule has 0 saturated heterocycles. The fourth-order valence-corrected chi connectivity index (χ4v) is 2.46. The zero-order valence-electron chi connectivity index (χ0n) is 11.2. The topological polar surface area (TPSA) is 67.2 Å². The van der Waals surface area contributed by atoms with Gasteiger partial charge in [-0.3, -0.25) is 0 Å². The first kappa shape index (κ1) is 14.3. The third-order valence-corrected chi connectivity index (χ3v) is 3.41. The van der Waals surface area contributed by atoms with Crippen LogP contribution in [0.2, 0.25) is 0 Å². The molecule has 1 rings (SSSR count). The highest BCUT2D eigenvalue weighted by Crippen LogP contribution is 2.29. The molecule has 0 unspecified atom stereocenters. The Morgan fingerprint density at radius 1 is 1.29 bits per heavy atom. The Labute approximate surface area is 105 Å². The minimum atomic E-state index is -0.0743. The Balaban J connectivity index is 2.09. The van der Waals surface area contributed by atoms with Crippen LogP contribution in [0, 0.1) is 0 Å². The summed E-state index contributed by atoms with van der Waals surface area (Å²) in [6.07, 6.45) is 8.14. The van der Waals surface area contributed by atoms with Crippen LogP contribution in [0.3, 0.4) is 0 Å². The van der Waals surface area contributed by atoms with Gasteiger partial charge in [-0.2, -0.15) is 0 Å². The molecular weight excluding hydrogens is 214 g/mol. The van der Waals surface area contributed by atoms with E-state index in [0.29, 0.717) is 0 Å². The number of carbonyl (C=O) groups is 1. The van der Waals surface area contributed by atoms with Gasteiger partial charge >= 0.3 is 6.03 Å². The monoisotopic (exact) mass is 241 g/mol. The molecule has 100 valence electrons. The third-order valence-electron chi connectivity index (χ3n) is 3.41. The second-order valence-electron chi connectivity index (χ2n) is 5.58. The fourth-order valence-electron chi connectivity index (χ4n) is 2.46. The van der Waals surface area contributed by atoms with E-state index in [4.69, 9.17) is 5.73 Å². The molecule has 0 spiro atoms. The lowest BCUT2D eigenvalue weighted by Crippen LogP contribution is -2.43. The van der Waals surface area contributed by atoms with Gasteiger partial charge in [-0.1, -0.05) is 19.3 Å². The summed E-state index contributed by atoms with van der Waals surface area (Å²) >= 11 is 0. The largest absolute Gasteiger partial charge is 0.338 e. The van der Waals surface area contributed by atoms with Crippen molar-refractivity contribution in [3.63, 3.8) is 0 Å². The molecule has 17 heavy (non-hydrogen) atoms. The Morgan fingerprint density at radius 2 is 1.94 bits per heavy atom. The number of carbonyl (C=O) groups excluding carboxylic acids is 1. The molecule has 1 aliphatic rings. The Hall–Kier alpha value is -0.770. The van der Waals surface area contributed by atoms with Gasteiger partial charge < -0.3 is 16.4 Å². The van der Waals surface area contributed by atoms with Gasteiger partial charge in [-0.25, -0.2) is 4.79 Å². The maximum Gasteiger partial charge on any atom is 0.314 e. The smallest absolute Gasteiger partial charge is 0.314 e. The summed E-state index contributed by atoms with van der Waals surface area (Å²) in [5.74, 6) is 0. The van der Waals surface area contributed by atoms with Gasteiger partial charge in [0.2, 0.25) is 0 Å². The van der Waals surface area contributed by atoms with E-state index in [1.165, 1.54) is 19.3 Å². The number of nitrogens with two attached hydrogens (primary N) is 1. The lowest BCUT2D eigenvalue weighted by atomic mass is 9.79. The first-order chi connectivity index (χ1) is 8.02. The molecule has 0 aromatic heterocycles. The van der Waals surface area contributed by atoms with Crippen LogP contribution in [0.25, 0.3) is 0 Å². The molecule has 1 fully saturated rings. The predicted molar refractivity (Wildman–Crippen MR) is 70.9 cm³/mol. The zero-order valence-corrected chi connectivity index (χ0v) is 11.2. The van der Waals surface area contributed by atoms with Crippen LogP contribution in [0.4, 0.5) is 4.79 Å². The number of hydrogen-bond acceptors (Lipinski definition) is 2. The van der Waals surface area contributed by atoms with Gasteiger partial charge in [0, 0.05) is 18.1 Å². The minimum absolute atomic E-state index is 0.0362. The highest BCUT2D eigenvalue weighted by molar-refractivity contribution is 5.73. The van der Waals surface area contributed by atoms with E-state index in [9.17, 15) is 4.79 Å². The molecule has 0 radical (unpaired) electrons. The summed E-state index contributed by atoms with van der Waals surface area (Å²) < 4.78 is 0. The highest BCUT2D eigenvalue weighted by atomic mass is 16.2. The van der Waals surface area contributed by atoms with E-state index in [-0.39, 0.29) is 17.6 Å². The molecule has 0 atom stereocenters. The van der Waals surface area contributed by atoms with Crippen LogP contribution in [0.15, 0.2) is 0 Å². The summed E-state index contributed by atoms with van der Waals surface area (Å²) in [6, 6.07) is 0.115. The van der Waals surface area contributed by atoms with Crippen LogP contribution >= 0.6 is 0 Å². The van der Waals surface area contributed by atoms with Crippen molar-refractivity contribution in [3.05, 3.63) is 0 Å². The summed E-state index contributed by atoms with van der Waals surface area (Å²) in [7, 11) is 0. The van der Waals surface area contributed by atoms with Crippen LogP contribution in [0.5, 0.6) is 0 Å². The molecule has 1 aliphatic carbocycles. The first-order valence-corrected chi connectivity index (χ1v) is 6.85. The van der Waals surface area contributed by atoms with Gasteiger partial charge in [0.25, 0.3) is 0 Å².